The van der Waals surface area contributed by atoms with Crippen molar-refractivity contribution in [2.75, 3.05) is 57.9 Å². The summed E-state index contributed by atoms with van der Waals surface area (Å²) in [5.41, 5.74) is 8.39. The predicted molar refractivity (Wildman–Crippen MR) is 161 cm³/mol. The van der Waals surface area contributed by atoms with Gasteiger partial charge in [-0.15, -0.1) is 0 Å². The van der Waals surface area contributed by atoms with Crippen LogP contribution >= 0.6 is 0 Å². The van der Waals surface area contributed by atoms with E-state index in [0.717, 1.165) is 80.2 Å². The standard InChI is InChI=1S/C32H43N5O3/c1-6-37(27-9-11-39-12-10-27)30-15-25(24-7-8-31(34-16-24)40-28-19-36(5)20-28)14-29(23(30)4)32(38)35-18-26-17-33-22(3)13-21(26)2/h7-8,14-16,27-28H,6,9-13,17-20H2,1-5H3,(H,35,38). The van der Waals surface area contributed by atoms with Gasteiger partial charge in [0.15, 0.2) is 0 Å². The van der Waals surface area contributed by atoms with Crippen molar-refractivity contribution >= 4 is 17.3 Å². The molecular weight excluding hydrogens is 502 g/mol. The smallest absolute Gasteiger partial charge is 0.251 e. The van der Waals surface area contributed by atoms with Gasteiger partial charge in [0.2, 0.25) is 5.88 Å². The number of likely N-dealkylation sites (tertiary alicyclic amines) is 1. The van der Waals surface area contributed by atoms with Crippen molar-refractivity contribution in [3.8, 4) is 17.0 Å². The normalized spacial score (nSPS) is 18.8. The zero-order valence-corrected chi connectivity index (χ0v) is 24.6. The molecule has 40 heavy (non-hydrogen) atoms. The van der Waals surface area contributed by atoms with Crippen LogP contribution in [0.2, 0.25) is 0 Å². The molecule has 2 saturated heterocycles. The summed E-state index contributed by atoms with van der Waals surface area (Å²) in [5.74, 6) is 0.579. The Balaban J connectivity index is 1.43. The van der Waals surface area contributed by atoms with Gasteiger partial charge in [0.25, 0.3) is 5.91 Å². The molecule has 8 nitrogen and oxygen atoms in total. The Morgan fingerprint density at radius 1 is 1.15 bits per heavy atom. The Labute approximate surface area is 238 Å². The number of carbonyl (C=O) groups is 1. The largest absolute Gasteiger partial charge is 0.472 e. The van der Waals surface area contributed by atoms with E-state index in [4.69, 9.17) is 9.47 Å². The lowest BCUT2D eigenvalue weighted by Crippen LogP contribution is -2.51. The van der Waals surface area contributed by atoms with Gasteiger partial charge in [-0.3, -0.25) is 14.7 Å². The molecule has 4 heterocycles. The molecule has 0 unspecified atom stereocenters. The van der Waals surface area contributed by atoms with Crippen LogP contribution in [0.1, 0.15) is 56.0 Å². The van der Waals surface area contributed by atoms with Crippen molar-refractivity contribution in [2.45, 2.75) is 59.1 Å². The van der Waals surface area contributed by atoms with Crippen molar-refractivity contribution in [3.05, 3.63) is 52.7 Å². The number of nitrogens with one attached hydrogen (secondary N) is 1. The third-order valence-corrected chi connectivity index (χ3v) is 8.42. The number of dihydropyridines is 1. The Hall–Kier alpha value is -3.23. The van der Waals surface area contributed by atoms with E-state index in [9.17, 15) is 4.79 Å². The average Bonchev–Trinajstić information content (AvgIpc) is 2.94. The molecule has 3 aliphatic rings. The number of hydrogen-bond acceptors (Lipinski definition) is 7. The maximum absolute atomic E-state index is 13.7. The predicted octanol–water partition coefficient (Wildman–Crippen LogP) is 4.67. The second kappa shape index (κ2) is 12.5. The van der Waals surface area contributed by atoms with E-state index in [0.29, 0.717) is 30.6 Å². The quantitative estimate of drug-likeness (QED) is 0.462. The Morgan fingerprint density at radius 3 is 2.58 bits per heavy atom. The molecule has 1 N–H and O–H groups in total. The number of anilines is 1. The van der Waals surface area contributed by atoms with Crippen LogP contribution in [0, 0.1) is 6.92 Å². The van der Waals surface area contributed by atoms with E-state index in [1.165, 1.54) is 11.1 Å². The van der Waals surface area contributed by atoms with Crippen LogP contribution in [0.15, 0.2) is 46.6 Å². The Bertz CT molecular complexity index is 1270. The van der Waals surface area contributed by atoms with Gasteiger partial charge in [0, 0.05) is 86.6 Å². The minimum absolute atomic E-state index is 0.0581. The van der Waals surface area contributed by atoms with Gasteiger partial charge in [-0.2, -0.15) is 0 Å². The Morgan fingerprint density at radius 2 is 1.93 bits per heavy atom. The molecule has 0 spiro atoms. The number of ether oxygens (including phenoxy) is 2. The lowest BCUT2D eigenvalue weighted by atomic mass is 9.95. The van der Waals surface area contributed by atoms with Crippen LogP contribution in [0.4, 0.5) is 5.69 Å². The molecule has 2 aromatic rings. The molecule has 0 bridgehead atoms. The SMILES string of the molecule is CCN(c1cc(-c2ccc(OC3CN(C)C3)nc2)cc(C(=O)NCC2=C(C)CC(C)=NC2)c1C)C1CCOCC1. The number of likely N-dealkylation sites (N-methyl/N-ethyl adjacent to an activating group) is 1. The van der Waals surface area contributed by atoms with Gasteiger partial charge in [-0.1, -0.05) is 5.57 Å². The Kier molecular flexibility index (Phi) is 8.86. The van der Waals surface area contributed by atoms with Crippen LogP contribution in [0.5, 0.6) is 5.88 Å². The molecule has 0 saturated carbocycles. The third kappa shape index (κ3) is 6.39. The fraction of sp³-hybridized carbons (Fsp3) is 0.531. The fourth-order valence-corrected chi connectivity index (χ4v) is 5.95. The van der Waals surface area contributed by atoms with Crippen LogP contribution in [-0.4, -0.2) is 86.6 Å². The van der Waals surface area contributed by atoms with Gasteiger partial charge >= 0.3 is 0 Å². The summed E-state index contributed by atoms with van der Waals surface area (Å²) < 4.78 is 11.7. The van der Waals surface area contributed by atoms with E-state index < -0.39 is 0 Å². The molecule has 0 aliphatic carbocycles. The first-order valence-electron chi connectivity index (χ1n) is 14.6. The number of aliphatic imine (C=N–C) groups is 1. The number of hydrogen-bond donors (Lipinski definition) is 1. The highest BCUT2D eigenvalue weighted by atomic mass is 16.5. The lowest BCUT2D eigenvalue weighted by Gasteiger charge is -2.37. The highest BCUT2D eigenvalue weighted by molar-refractivity contribution is 5.99. The molecule has 1 aromatic carbocycles. The van der Waals surface area contributed by atoms with Crippen molar-refractivity contribution in [1.29, 1.82) is 0 Å². The van der Waals surface area contributed by atoms with Crippen LogP contribution in [0.25, 0.3) is 11.1 Å². The average molecular weight is 546 g/mol. The van der Waals surface area contributed by atoms with E-state index in [-0.39, 0.29) is 12.0 Å². The van der Waals surface area contributed by atoms with Crippen molar-refractivity contribution in [3.63, 3.8) is 0 Å². The highest BCUT2D eigenvalue weighted by Crippen LogP contribution is 2.34. The molecular formula is C32H43N5O3. The molecule has 5 rings (SSSR count). The van der Waals surface area contributed by atoms with E-state index in [1.807, 2.05) is 24.4 Å². The van der Waals surface area contributed by atoms with E-state index in [1.54, 1.807) is 0 Å². The lowest BCUT2D eigenvalue weighted by molar-refractivity contribution is 0.0356. The van der Waals surface area contributed by atoms with Crippen molar-refractivity contribution in [1.82, 2.24) is 15.2 Å². The number of amides is 1. The molecule has 0 radical (unpaired) electrons. The minimum atomic E-state index is -0.0581. The second-order valence-corrected chi connectivity index (χ2v) is 11.4. The third-order valence-electron chi connectivity index (χ3n) is 8.42. The van der Waals surface area contributed by atoms with Crippen LogP contribution in [-0.2, 0) is 4.74 Å². The molecule has 2 fully saturated rings. The summed E-state index contributed by atoms with van der Waals surface area (Å²) in [7, 11) is 2.08. The number of aromatic nitrogens is 1. The number of carbonyl (C=O) groups excluding carboxylic acids is 1. The zero-order valence-electron chi connectivity index (χ0n) is 24.6. The van der Waals surface area contributed by atoms with Gasteiger partial charge in [-0.25, -0.2) is 4.98 Å². The monoisotopic (exact) mass is 545 g/mol. The van der Waals surface area contributed by atoms with Gasteiger partial charge < -0.3 is 19.7 Å². The number of pyridine rings is 1. The van der Waals surface area contributed by atoms with Gasteiger partial charge in [-0.05, 0) is 82.5 Å². The first kappa shape index (κ1) is 28.3. The molecule has 8 heteroatoms. The van der Waals surface area contributed by atoms with Gasteiger partial charge in [0.05, 0.1) is 6.54 Å². The van der Waals surface area contributed by atoms with Crippen molar-refractivity contribution < 1.29 is 14.3 Å². The topological polar surface area (TPSA) is 79.3 Å². The number of rotatable bonds is 9. The first-order valence-corrected chi connectivity index (χ1v) is 14.6. The summed E-state index contributed by atoms with van der Waals surface area (Å²) >= 11 is 0. The first-order chi connectivity index (χ1) is 19.3. The van der Waals surface area contributed by atoms with E-state index in [2.05, 4.69) is 65.9 Å². The maximum Gasteiger partial charge on any atom is 0.251 e. The summed E-state index contributed by atoms with van der Waals surface area (Å²) in [5, 5.41) is 3.20. The van der Waals surface area contributed by atoms with E-state index >= 15 is 0 Å². The van der Waals surface area contributed by atoms with Crippen molar-refractivity contribution in [2.24, 2.45) is 4.99 Å². The molecule has 3 aliphatic heterocycles. The minimum Gasteiger partial charge on any atom is -0.472 e. The fourth-order valence-electron chi connectivity index (χ4n) is 5.95. The molecule has 1 amide bonds. The number of benzene rings is 1. The zero-order chi connectivity index (χ0) is 28.2. The summed E-state index contributed by atoms with van der Waals surface area (Å²) in [6.07, 6.45) is 4.89. The second-order valence-electron chi connectivity index (χ2n) is 11.4. The number of nitrogens with zero attached hydrogens (tertiary/aromatic N) is 4. The summed E-state index contributed by atoms with van der Waals surface area (Å²) in [6.45, 7) is 13.9. The van der Waals surface area contributed by atoms with Gasteiger partial charge in [0.1, 0.15) is 6.10 Å². The highest BCUT2D eigenvalue weighted by Gasteiger charge is 2.26. The van der Waals surface area contributed by atoms with Crippen LogP contribution < -0.4 is 15.0 Å². The molecule has 214 valence electrons. The maximum atomic E-state index is 13.7. The summed E-state index contributed by atoms with van der Waals surface area (Å²) in [4.78, 5) is 27.6. The molecule has 0 atom stereocenters. The summed E-state index contributed by atoms with van der Waals surface area (Å²) in [6, 6.07) is 8.59. The number of allylic oxidation sites excluding steroid dienone is 1. The van der Waals surface area contributed by atoms with Crippen LogP contribution in [0.3, 0.4) is 0 Å². The molecule has 1 aromatic heterocycles.